The Labute approximate surface area is 281 Å². The number of benzene rings is 6. The minimum Gasteiger partial charge on any atom is -0.530 e. The lowest BCUT2D eigenvalue weighted by molar-refractivity contribution is 0.575. The van der Waals surface area contributed by atoms with Crippen LogP contribution in [0.3, 0.4) is 0 Å². The van der Waals surface area contributed by atoms with Crippen molar-refractivity contribution in [3.8, 4) is 11.4 Å². The van der Waals surface area contributed by atoms with E-state index in [9.17, 15) is 4.79 Å². The van der Waals surface area contributed by atoms with E-state index < -0.39 is 8.32 Å². The van der Waals surface area contributed by atoms with Crippen molar-refractivity contribution in [1.82, 2.24) is 9.36 Å². The fourth-order valence-corrected chi connectivity index (χ4v) is 10.1. The van der Waals surface area contributed by atoms with E-state index in [0.29, 0.717) is 17.1 Å². The molecule has 7 rings (SSSR count). The van der Waals surface area contributed by atoms with Crippen LogP contribution in [-0.4, -0.2) is 23.4 Å². The number of hydrogen-bond acceptors (Lipinski definition) is 3. The van der Waals surface area contributed by atoms with Crippen LogP contribution >= 0.6 is 0 Å². The zero-order chi connectivity index (χ0) is 32.9. The standard InChI is InChI=1S/C42H35N3O2Si/c1-32-40(42(46)45(44(32)2)34-22-10-4-11-23-34)43-41(33-20-8-3-9-21-33)38-30-18-19-31-39(38)47-48(35-24-12-5-13-25-35,36-26-14-6-15-27-36)37-28-16-7-17-29-37/h3-31H,1-2H3. The van der Waals surface area contributed by atoms with Crippen molar-refractivity contribution in [2.75, 3.05) is 0 Å². The Morgan fingerprint density at radius 1 is 0.583 bits per heavy atom. The highest BCUT2D eigenvalue weighted by Crippen LogP contribution is 2.28. The van der Waals surface area contributed by atoms with Gasteiger partial charge < -0.3 is 4.43 Å². The molecule has 0 spiro atoms. The van der Waals surface area contributed by atoms with Crippen molar-refractivity contribution in [1.29, 1.82) is 0 Å². The predicted molar refractivity (Wildman–Crippen MR) is 199 cm³/mol. The van der Waals surface area contributed by atoms with E-state index in [0.717, 1.165) is 38.1 Å². The molecule has 0 N–H and O–H groups in total. The molecule has 1 heterocycles. The van der Waals surface area contributed by atoms with Crippen molar-refractivity contribution < 1.29 is 4.43 Å². The summed E-state index contributed by atoms with van der Waals surface area (Å²) in [6.07, 6.45) is 0. The van der Waals surface area contributed by atoms with Crippen LogP contribution in [0.5, 0.6) is 5.75 Å². The van der Waals surface area contributed by atoms with Crippen LogP contribution in [0.2, 0.25) is 0 Å². The summed E-state index contributed by atoms with van der Waals surface area (Å²) >= 11 is 0. The van der Waals surface area contributed by atoms with Crippen molar-refractivity contribution in [3.63, 3.8) is 0 Å². The van der Waals surface area contributed by atoms with Gasteiger partial charge in [-0.1, -0.05) is 152 Å². The maximum absolute atomic E-state index is 14.1. The summed E-state index contributed by atoms with van der Waals surface area (Å²) in [7, 11) is -1.24. The van der Waals surface area contributed by atoms with Gasteiger partial charge in [-0.05, 0) is 46.7 Å². The molecule has 48 heavy (non-hydrogen) atoms. The molecule has 0 aliphatic rings. The minimum absolute atomic E-state index is 0.186. The zero-order valence-corrected chi connectivity index (χ0v) is 27.9. The van der Waals surface area contributed by atoms with Crippen LogP contribution in [0, 0.1) is 6.92 Å². The maximum atomic E-state index is 14.1. The summed E-state index contributed by atoms with van der Waals surface area (Å²) < 4.78 is 11.1. The van der Waals surface area contributed by atoms with Crippen molar-refractivity contribution in [2.24, 2.45) is 12.0 Å². The smallest absolute Gasteiger partial charge is 0.346 e. The lowest BCUT2D eigenvalue weighted by Gasteiger charge is -2.34. The second kappa shape index (κ2) is 13.4. The summed E-state index contributed by atoms with van der Waals surface area (Å²) in [5, 5.41) is 3.38. The molecule has 0 amide bonds. The molecule has 5 nitrogen and oxygen atoms in total. The first-order valence-electron chi connectivity index (χ1n) is 16.0. The lowest BCUT2D eigenvalue weighted by Crippen LogP contribution is -2.71. The van der Waals surface area contributed by atoms with E-state index in [1.54, 1.807) is 4.68 Å². The van der Waals surface area contributed by atoms with Gasteiger partial charge in [-0.15, -0.1) is 0 Å². The van der Waals surface area contributed by atoms with E-state index >= 15 is 0 Å². The highest BCUT2D eigenvalue weighted by atomic mass is 28.4. The minimum atomic E-state index is -3.13. The summed E-state index contributed by atoms with van der Waals surface area (Å²) in [5.41, 5.74) is 4.09. The van der Waals surface area contributed by atoms with Crippen molar-refractivity contribution in [2.45, 2.75) is 6.92 Å². The van der Waals surface area contributed by atoms with Crippen LogP contribution in [0.1, 0.15) is 16.8 Å². The highest BCUT2D eigenvalue weighted by molar-refractivity contribution is 7.07. The molecule has 7 aromatic rings. The van der Waals surface area contributed by atoms with Crippen LogP contribution in [0.15, 0.2) is 186 Å². The van der Waals surface area contributed by atoms with Crippen LogP contribution in [-0.2, 0) is 7.05 Å². The average Bonchev–Trinajstić information content (AvgIpc) is 3.37. The number of hydrogen-bond donors (Lipinski definition) is 0. The number of aliphatic imine (C=N–C) groups is 1. The highest BCUT2D eigenvalue weighted by Gasteiger charge is 2.44. The molecule has 6 aromatic carbocycles. The van der Waals surface area contributed by atoms with Gasteiger partial charge in [0, 0.05) is 18.2 Å². The molecular weight excluding hydrogens is 607 g/mol. The van der Waals surface area contributed by atoms with E-state index in [4.69, 9.17) is 9.42 Å². The second-order valence-corrected chi connectivity index (χ2v) is 14.9. The third kappa shape index (κ3) is 5.63. The second-order valence-electron chi connectivity index (χ2n) is 11.6. The Hall–Kier alpha value is -5.98. The summed E-state index contributed by atoms with van der Waals surface area (Å²) in [5.74, 6) is 0.695. The summed E-state index contributed by atoms with van der Waals surface area (Å²) in [6, 6.07) is 59.3. The first kappa shape index (κ1) is 30.7. The molecule has 0 aliphatic carbocycles. The van der Waals surface area contributed by atoms with Gasteiger partial charge in [-0.25, -0.2) is 9.67 Å². The number of aromatic nitrogens is 2. The Kier molecular flexibility index (Phi) is 8.56. The Morgan fingerprint density at radius 3 is 1.54 bits per heavy atom. The van der Waals surface area contributed by atoms with Gasteiger partial charge in [0.25, 0.3) is 5.56 Å². The fourth-order valence-electron chi connectivity index (χ4n) is 6.28. The van der Waals surface area contributed by atoms with Crippen LogP contribution < -0.4 is 25.5 Å². The van der Waals surface area contributed by atoms with Crippen molar-refractivity contribution in [3.05, 3.63) is 203 Å². The van der Waals surface area contributed by atoms with Gasteiger partial charge in [-0.2, -0.15) is 0 Å². The van der Waals surface area contributed by atoms with Gasteiger partial charge in [0.05, 0.1) is 17.1 Å². The quantitative estimate of drug-likeness (QED) is 0.100. The molecule has 0 fully saturated rings. The Morgan fingerprint density at radius 2 is 1.02 bits per heavy atom. The number of nitrogens with zero attached hydrogens (tertiary/aromatic N) is 3. The van der Waals surface area contributed by atoms with E-state index in [-0.39, 0.29) is 5.56 Å². The molecular formula is C42H35N3O2Si. The molecule has 0 unspecified atom stereocenters. The normalized spacial score (nSPS) is 11.8. The molecule has 0 aliphatic heterocycles. The van der Waals surface area contributed by atoms with E-state index in [1.807, 2.05) is 122 Å². The SMILES string of the molecule is Cc1c(N=C(c2ccccc2)c2ccccc2O[Si](c2ccccc2)(c2ccccc2)c2ccccc2)c(=O)n(-c2ccccc2)n1C. The van der Waals surface area contributed by atoms with Gasteiger partial charge in [0.15, 0.2) is 5.69 Å². The van der Waals surface area contributed by atoms with E-state index in [1.165, 1.54) is 0 Å². The Balaban J connectivity index is 1.48. The fraction of sp³-hybridized carbons (Fsp3) is 0.0476. The topological polar surface area (TPSA) is 48.5 Å². The molecule has 1 aromatic heterocycles. The first-order valence-corrected chi connectivity index (χ1v) is 17.9. The third-order valence-electron chi connectivity index (χ3n) is 8.74. The zero-order valence-electron chi connectivity index (χ0n) is 26.9. The molecule has 234 valence electrons. The monoisotopic (exact) mass is 641 g/mol. The largest absolute Gasteiger partial charge is 0.530 e. The van der Waals surface area contributed by atoms with Gasteiger partial charge >= 0.3 is 8.32 Å². The molecule has 0 radical (unpaired) electrons. The van der Waals surface area contributed by atoms with Crippen LogP contribution in [0.25, 0.3) is 5.69 Å². The molecule has 6 heteroatoms. The molecule has 0 saturated heterocycles. The van der Waals surface area contributed by atoms with Gasteiger partial charge in [-0.3, -0.25) is 9.48 Å². The summed E-state index contributed by atoms with van der Waals surface area (Å²) in [4.78, 5) is 19.3. The van der Waals surface area contributed by atoms with Crippen molar-refractivity contribution >= 4 is 35.3 Å². The predicted octanol–water partition coefficient (Wildman–Crippen LogP) is 6.70. The lowest BCUT2D eigenvalue weighted by atomic mass is 10.0. The third-order valence-corrected chi connectivity index (χ3v) is 12.7. The Bertz CT molecular complexity index is 2130. The molecule has 0 bridgehead atoms. The molecule has 0 atom stereocenters. The van der Waals surface area contributed by atoms with E-state index in [2.05, 4.69) is 72.8 Å². The number of para-hydroxylation sites is 2. The summed E-state index contributed by atoms with van der Waals surface area (Å²) in [6.45, 7) is 1.93. The average molecular weight is 642 g/mol. The van der Waals surface area contributed by atoms with Crippen LogP contribution in [0.4, 0.5) is 5.69 Å². The van der Waals surface area contributed by atoms with Gasteiger partial charge in [0.1, 0.15) is 5.75 Å². The first-order chi connectivity index (χ1) is 23.6. The van der Waals surface area contributed by atoms with Gasteiger partial charge in [0.2, 0.25) is 0 Å². The number of rotatable bonds is 9. The maximum Gasteiger partial charge on any atom is 0.346 e. The molecule has 0 saturated carbocycles.